The number of nitrogens with one attached hydrogen (secondary N) is 1. The molecule has 2 aliphatic rings. The Hall–Kier alpha value is -2.30. The quantitative estimate of drug-likeness (QED) is 0.808. The van der Waals surface area contributed by atoms with Gasteiger partial charge in [0.2, 0.25) is 11.8 Å². The van der Waals surface area contributed by atoms with Crippen molar-refractivity contribution in [1.29, 1.82) is 0 Å². The number of anilines is 1. The molecule has 1 atom stereocenters. The van der Waals surface area contributed by atoms with Gasteiger partial charge in [-0.05, 0) is 30.0 Å². The third kappa shape index (κ3) is 4.03. The van der Waals surface area contributed by atoms with Crippen molar-refractivity contribution in [3.05, 3.63) is 42.0 Å². The van der Waals surface area contributed by atoms with Crippen LogP contribution in [0.5, 0.6) is 0 Å². The van der Waals surface area contributed by atoms with Crippen molar-refractivity contribution < 1.29 is 9.59 Å². The lowest BCUT2D eigenvalue weighted by atomic mass is 10.0. The number of likely N-dealkylation sites (tertiary alicyclic amines) is 1. The van der Waals surface area contributed by atoms with Crippen LogP contribution in [0.2, 0.25) is 0 Å². The Morgan fingerprint density at radius 2 is 2.00 bits per heavy atom. The van der Waals surface area contributed by atoms with Gasteiger partial charge in [-0.3, -0.25) is 9.59 Å². The third-order valence-corrected chi connectivity index (χ3v) is 4.91. The van der Waals surface area contributed by atoms with E-state index >= 15 is 0 Å². The summed E-state index contributed by atoms with van der Waals surface area (Å²) in [7, 11) is 0. The van der Waals surface area contributed by atoms with Gasteiger partial charge in [-0.15, -0.1) is 0 Å². The molecule has 1 aromatic rings. The standard InChI is InChI=1S/C20H27N3O2/c1-15(2)19(23-12-6-9-18(23)24)20(25)21-14-16-7-5-8-17(13-16)22-10-3-4-11-22/h3-5,7-8,13,15,19H,6,9-12,14H2,1-2H3,(H,21,25)/t19-/m1/s1. The Bertz CT molecular complexity index is 661. The molecule has 2 heterocycles. The van der Waals surface area contributed by atoms with Crippen LogP contribution in [0.15, 0.2) is 36.4 Å². The minimum absolute atomic E-state index is 0.0570. The van der Waals surface area contributed by atoms with Gasteiger partial charge in [-0.2, -0.15) is 0 Å². The number of carbonyl (C=O) groups is 2. The molecule has 0 saturated carbocycles. The second-order valence-electron chi connectivity index (χ2n) is 7.14. The summed E-state index contributed by atoms with van der Waals surface area (Å²) >= 11 is 0. The van der Waals surface area contributed by atoms with Gasteiger partial charge >= 0.3 is 0 Å². The molecule has 3 rings (SSSR count). The molecule has 0 spiro atoms. The first-order valence-corrected chi connectivity index (χ1v) is 9.12. The van der Waals surface area contributed by atoms with Gasteiger partial charge in [0.15, 0.2) is 0 Å². The monoisotopic (exact) mass is 341 g/mol. The van der Waals surface area contributed by atoms with Crippen LogP contribution in [0.3, 0.4) is 0 Å². The molecule has 25 heavy (non-hydrogen) atoms. The number of rotatable bonds is 6. The predicted octanol–water partition coefficient (Wildman–Crippen LogP) is 2.33. The van der Waals surface area contributed by atoms with Crippen molar-refractivity contribution in [3.8, 4) is 0 Å². The number of hydrogen-bond acceptors (Lipinski definition) is 3. The zero-order valence-electron chi connectivity index (χ0n) is 15.1. The normalized spacial score (nSPS) is 18.3. The van der Waals surface area contributed by atoms with Gasteiger partial charge < -0.3 is 15.1 Å². The first-order valence-electron chi connectivity index (χ1n) is 9.12. The van der Waals surface area contributed by atoms with Crippen molar-refractivity contribution in [2.24, 2.45) is 5.92 Å². The van der Waals surface area contributed by atoms with Crippen LogP contribution < -0.4 is 10.2 Å². The third-order valence-electron chi connectivity index (χ3n) is 4.91. The Morgan fingerprint density at radius 1 is 1.24 bits per heavy atom. The summed E-state index contributed by atoms with van der Waals surface area (Å²) in [6, 6.07) is 7.90. The topological polar surface area (TPSA) is 52.7 Å². The van der Waals surface area contributed by atoms with E-state index in [0.717, 1.165) is 25.1 Å². The highest BCUT2D eigenvalue weighted by atomic mass is 16.2. The van der Waals surface area contributed by atoms with Crippen molar-refractivity contribution in [1.82, 2.24) is 10.2 Å². The van der Waals surface area contributed by atoms with Gasteiger partial charge in [0.1, 0.15) is 6.04 Å². The molecule has 2 aliphatic heterocycles. The summed E-state index contributed by atoms with van der Waals surface area (Å²) < 4.78 is 0. The molecule has 0 unspecified atom stereocenters. The van der Waals surface area contributed by atoms with Gasteiger partial charge in [0.25, 0.3) is 0 Å². The molecule has 0 radical (unpaired) electrons. The Morgan fingerprint density at radius 3 is 2.64 bits per heavy atom. The number of carbonyl (C=O) groups excluding carboxylic acids is 2. The molecular weight excluding hydrogens is 314 g/mol. The van der Waals surface area contributed by atoms with E-state index < -0.39 is 0 Å². The lowest BCUT2D eigenvalue weighted by molar-refractivity contribution is -0.139. The van der Waals surface area contributed by atoms with Crippen LogP contribution in [-0.2, 0) is 16.1 Å². The average Bonchev–Trinajstić information content (AvgIpc) is 3.26. The van der Waals surface area contributed by atoms with Gasteiger partial charge in [0.05, 0.1) is 0 Å². The van der Waals surface area contributed by atoms with Crippen LogP contribution in [0.1, 0.15) is 32.3 Å². The fourth-order valence-electron chi connectivity index (χ4n) is 3.61. The molecule has 0 aromatic heterocycles. The van der Waals surface area contributed by atoms with E-state index in [9.17, 15) is 9.59 Å². The van der Waals surface area contributed by atoms with E-state index in [2.05, 4.69) is 34.5 Å². The van der Waals surface area contributed by atoms with Crippen LogP contribution in [0.4, 0.5) is 5.69 Å². The number of benzene rings is 1. The van der Waals surface area contributed by atoms with Crippen LogP contribution in [0, 0.1) is 5.92 Å². The lowest BCUT2D eigenvalue weighted by Gasteiger charge is -2.30. The van der Waals surface area contributed by atoms with Crippen LogP contribution in [0.25, 0.3) is 0 Å². The fourth-order valence-corrected chi connectivity index (χ4v) is 3.61. The fraction of sp³-hybridized carbons (Fsp3) is 0.500. The average molecular weight is 341 g/mol. The zero-order valence-corrected chi connectivity index (χ0v) is 15.1. The largest absolute Gasteiger partial charge is 0.364 e. The zero-order chi connectivity index (χ0) is 17.8. The maximum atomic E-state index is 12.7. The van der Waals surface area contributed by atoms with Gasteiger partial charge in [-0.25, -0.2) is 0 Å². The van der Waals surface area contributed by atoms with Crippen molar-refractivity contribution in [2.75, 3.05) is 24.5 Å². The van der Waals surface area contributed by atoms with Crippen LogP contribution >= 0.6 is 0 Å². The highest BCUT2D eigenvalue weighted by molar-refractivity contribution is 5.88. The lowest BCUT2D eigenvalue weighted by Crippen LogP contribution is -2.50. The SMILES string of the molecule is CC(C)[C@H](C(=O)NCc1cccc(N2CC=CC2)c1)N1CCCC1=O. The van der Waals surface area contributed by atoms with E-state index in [1.807, 2.05) is 26.0 Å². The number of hydrogen-bond donors (Lipinski definition) is 1. The summed E-state index contributed by atoms with van der Waals surface area (Å²) in [5.74, 6) is 0.139. The Balaban J connectivity index is 1.62. The van der Waals surface area contributed by atoms with E-state index in [4.69, 9.17) is 0 Å². The molecule has 0 aliphatic carbocycles. The van der Waals surface area contributed by atoms with Crippen molar-refractivity contribution >= 4 is 17.5 Å². The number of amides is 2. The predicted molar refractivity (Wildman–Crippen MR) is 99.2 cm³/mol. The molecule has 5 heteroatoms. The molecule has 2 amide bonds. The van der Waals surface area contributed by atoms with Gasteiger partial charge in [0, 0.05) is 38.3 Å². The Kier molecular flexibility index (Phi) is 5.41. The van der Waals surface area contributed by atoms with Crippen molar-refractivity contribution in [3.63, 3.8) is 0 Å². The summed E-state index contributed by atoms with van der Waals surface area (Å²) in [6.45, 7) is 7.03. The van der Waals surface area contributed by atoms with E-state index in [1.165, 1.54) is 5.69 Å². The molecule has 134 valence electrons. The minimum Gasteiger partial charge on any atom is -0.364 e. The molecule has 1 saturated heterocycles. The Labute approximate surface area is 149 Å². The maximum Gasteiger partial charge on any atom is 0.243 e. The van der Waals surface area contributed by atoms with E-state index in [1.54, 1.807) is 4.90 Å². The van der Waals surface area contributed by atoms with Crippen molar-refractivity contribution in [2.45, 2.75) is 39.3 Å². The summed E-state index contributed by atoms with van der Waals surface area (Å²) in [4.78, 5) is 28.8. The van der Waals surface area contributed by atoms with Crippen LogP contribution in [-0.4, -0.2) is 42.4 Å². The molecule has 5 nitrogen and oxygen atoms in total. The second kappa shape index (κ2) is 7.72. The molecular formula is C20H27N3O2. The number of nitrogens with zero attached hydrogens (tertiary/aromatic N) is 2. The van der Waals surface area contributed by atoms with E-state index in [0.29, 0.717) is 19.5 Å². The summed E-state index contributed by atoms with van der Waals surface area (Å²) in [6.07, 6.45) is 5.73. The smallest absolute Gasteiger partial charge is 0.243 e. The second-order valence-corrected chi connectivity index (χ2v) is 7.14. The first kappa shape index (κ1) is 17.5. The maximum absolute atomic E-state index is 12.7. The highest BCUT2D eigenvalue weighted by Gasteiger charge is 2.34. The summed E-state index contributed by atoms with van der Waals surface area (Å²) in [5.41, 5.74) is 2.25. The molecule has 0 bridgehead atoms. The molecule has 1 aromatic carbocycles. The van der Waals surface area contributed by atoms with Gasteiger partial charge in [-0.1, -0.05) is 38.1 Å². The van der Waals surface area contributed by atoms with E-state index in [-0.39, 0.29) is 23.8 Å². The summed E-state index contributed by atoms with van der Waals surface area (Å²) in [5, 5.41) is 3.03. The first-order chi connectivity index (χ1) is 12.1. The molecule has 1 fully saturated rings. The highest BCUT2D eigenvalue weighted by Crippen LogP contribution is 2.21. The molecule has 1 N–H and O–H groups in total. The minimum atomic E-state index is -0.374.